The van der Waals surface area contributed by atoms with Gasteiger partial charge < -0.3 is 15.4 Å². The summed E-state index contributed by atoms with van der Waals surface area (Å²) in [7, 11) is -1.50. The number of methoxy groups -OCH3 is 1. The largest absolute Gasteiger partial charge is 0.383 e. The standard InChI is InChI=1S/C11H26N4O3S/c1-5-12-11(15-10(3)9-18-4)13-7-8-14-19(16,17)6-2/h10,14H,5-9H2,1-4H3,(H2,12,13,15). The number of aliphatic imine (C=N–C) groups is 1. The molecule has 1 unspecified atom stereocenters. The van der Waals surface area contributed by atoms with Crippen LogP contribution in [0.3, 0.4) is 0 Å². The lowest BCUT2D eigenvalue weighted by atomic mass is 10.4. The minimum Gasteiger partial charge on any atom is -0.383 e. The Bertz CT molecular complexity index is 357. The van der Waals surface area contributed by atoms with Crippen LogP contribution >= 0.6 is 0 Å². The zero-order valence-corrected chi connectivity index (χ0v) is 13.0. The van der Waals surface area contributed by atoms with E-state index in [-0.39, 0.29) is 11.8 Å². The van der Waals surface area contributed by atoms with Crippen LogP contribution in [0.2, 0.25) is 0 Å². The first-order valence-corrected chi connectivity index (χ1v) is 8.11. The van der Waals surface area contributed by atoms with Gasteiger partial charge >= 0.3 is 0 Å². The number of nitrogens with zero attached hydrogens (tertiary/aromatic N) is 1. The first-order valence-electron chi connectivity index (χ1n) is 6.46. The van der Waals surface area contributed by atoms with Gasteiger partial charge in [-0.1, -0.05) is 0 Å². The van der Waals surface area contributed by atoms with Crippen LogP contribution in [-0.2, 0) is 14.8 Å². The van der Waals surface area contributed by atoms with Crippen molar-refractivity contribution in [2.75, 3.05) is 39.1 Å². The fraction of sp³-hybridized carbons (Fsp3) is 0.909. The molecule has 0 aromatic rings. The number of hydrogen-bond donors (Lipinski definition) is 3. The molecule has 0 bridgehead atoms. The molecule has 8 heteroatoms. The van der Waals surface area contributed by atoms with E-state index in [0.29, 0.717) is 25.7 Å². The van der Waals surface area contributed by atoms with E-state index >= 15 is 0 Å². The molecule has 1 atom stereocenters. The van der Waals surface area contributed by atoms with Gasteiger partial charge in [-0.3, -0.25) is 4.99 Å². The molecule has 7 nitrogen and oxygen atoms in total. The van der Waals surface area contributed by atoms with E-state index in [1.807, 2.05) is 13.8 Å². The van der Waals surface area contributed by atoms with Crippen LogP contribution in [-0.4, -0.2) is 59.5 Å². The minimum atomic E-state index is -3.14. The molecule has 0 aromatic heterocycles. The predicted molar refractivity (Wildman–Crippen MR) is 77.9 cm³/mol. The smallest absolute Gasteiger partial charge is 0.211 e. The molecule has 0 amide bonds. The number of guanidine groups is 1. The van der Waals surface area contributed by atoms with Crippen molar-refractivity contribution in [3.8, 4) is 0 Å². The maximum absolute atomic E-state index is 11.2. The van der Waals surface area contributed by atoms with Gasteiger partial charge in [0.25, 0.3) is 0 Å². The normalized spacial score (nSPS) is 14.2. The van der Waals surface area contributed by atoms with Crippen LogP contribution in [0.15, 0.2) is 4.99 Å². The summed E-state index contributed by atoms with van der Waals surface area (Å²) in [5.74, 6) is 0.739. The maximum atomic E-state index is 11.2. The van der Waals surface area contributed by atoms with Gasteiger partial charge in [0.2, 0.25) is 10.0 Å². The highest BCUT2D eigenvalue weighted by molar-refractivity contribution is 7.89. The average molecular weight is 294 g/mol. The number of sulfonamides is 1. The second kappa shape index (κ2) is 9.99. The predicted octanol–water partition coefficient (Wildman–Crippen LogP) is -0.484. The van der Waals surface area contributed by atoms with E-state index in [0.717, 1.165) is 6.54 Å². The molecule has 0 heterocycles. The van der Waals surface area contributed by atoms with Crippen molar-refractivity contribution in [3.63, 3.8) is 0 Å². The molecule has 0 saturated carbocycles. The highest BCUT2D eigenvalue weighted by atomic mass is 32.2. The van der Waals surface area contributed by atoms with Gasteiger partial charge in [-0.05, 0) is 20.8 Å². The molecule has 0 aliphatic heterocycles. The lowest BCUT2D eigenvalue weighted by Crippen LogP contribution is -2.44. The number of nitrogens with one attached hydrogen (secondary N) is 3. The number of ether oxygens (including phenoxy) is 1. The topological polar surface area (TPSA) is 91.8 Å². The molecule has 19 heavy (non-hydrogen) atoms. The van der Waals surface area contributed by atoms with Crippen molar-refractivity contribution >= 4 is 16.0 Å². The third-order valence-corrected chi connectivity index (χ3v) is 3.63. The molecule has 114 valence electrons. The fourth-order valence-electron chi connectivity index (χ4n) is 1.32. The van der Waals surface area contributed by atoms with Crippen molar-refractivity contribution in [1.29, 1.82) is 0 Å². The lowest BCUT2D eigenvalue weighted by molar-refractivity contribution is 0.179. The Hall–Kier alpha value is -0.860. The summed E-state index contributed by atoms with van der Waals surface area (Å²) in [6, 6.07) is 0.134. The van der Waals surface area contributed by atoms with Gasteiger partial charge in [0.1, 0.15) is 0 Å². The van der Waals surface area contributed by atoms with Crippen molar-refractivity contribution in [3.05, 3.63) is 0 Å². The molecule has 0 rings (SSSR count). The third-order valence-electron chi connectivity index (χ3n) is 2.23. The van der Waals surface area contributed by atoms with Gasteiger partial charge in [-0.2, -0.15) is 0 Å². The SMILES string of the molecule is CCNC(=NCCNS(=O)(=O)CC)NC(C)COC. The van der Waals surface area contributed by atoms with Crippen LogP contribution in [0.4, 0.5) is 0 Å². The van der Waals surface area contributed by atoms with E-state index < -0.39 is 10.0 Å². The molecule has 0 radical (unpaired) electrons. The zero-order chi connectivity index (χ0) is 14.7. The summed E-state index contributed by atoms with van der Waals surface area (Å²) in [6.07, 6.45) is 0. The number of hydrogen-bond acceptors (Lipinski definition) is 4. The molecule has 0 aliphatic rings. The number of rotatable bonds is 9. The molecule has 0 saturated heterocycles. The Balaban J connectivity index is 4.19. The zero-order valence-electron chi connectivity index (χ0n) is 12.2. The van der Waals surface area contributed by atoms with Gasteiger partial charge in [0.15, 0.2) is 5.96 Å². The maximum Gasteiger partial charge on any atom is 0.211 e. The van der Waals surface area contributed by atoms with Gasteiger partial charge in [0, 0.05) is 26.2 Å². The summed E-state index contributed by atoms with van der Waals surface area (Å²) in [4.78, 5) is 4.28. The van der Waals surface area contributed by atoms with E-state index in [1.165, 1.54) is 0 Å². The molecule has 0 fully saturated rings. The second-order valence-corrected chi connectivity index (χ2v) is 6.15. The lowest BCUT2D eigenvalue weighted by Gasteiger charge is -2.17. The van der Waals surface area contributed by atoms with Crippen molar-refractivity contribution in [2.24, 2.45) is 4.99 Å². The minimum absolute atomic E-state index is 0.0832. The van der Waals surface area contributed by atoms with Crippen LogP contribution in [0.1, 0.15) is 20.8 Å². The highest BCUT2D eigenvalue weighted by Gasteiger charge is 2.06. The second-order valence-electron chi connectivity index (χ2n) is 4.06. The summed E-state index contributed by atoms with van der Waals surface area (Å²) >= 11 is 0. The van der Waals surface area contributed by atoms with E-state index in [4.69, 9.17) is 4.74 Å². The van der Waals surface area contributed by atoms with E-state index in [9.17, 15) is 8.42 Å². The summed E-state index contributed by atoms with van der Waals surface area (Å²) in [6.45, 7) is 7.55. The third kappa shape index (κ3) is 9.69. The van der Waals surface area contributed by atoms with Crippen LogP contribution in [0.25, 0.3) is 0 Å². The molecular weight excluding hydrogens is 268 g/mol. The first kappa shape index (κ1) is 18.1. The Morgan fingerprint density at radius 2 is 2.05 bits per heavy atom. The van der Waals surface area contributed by atoms with Gasteiger partial charge in [0.05, 0.1) is 18.9 Å². The molecular formula is C11H26N4O3S. The summed E-state index contributed by atoms with van der Waals surface area (Å²) < 4.78 is 30.0. The molecule has 0 spiro atoms. The molecule has 3 N–H and O–H groups in total. The van der Waals surface area contributed by atoms with Gasteiger partial charge in [-0.25, -0.2) is 13.1 Å². The monoisotopic (exact) mass is 294 g/mol. The first-order chi connectivity index (χ1) is 8.95. The Morgan fingerprint density at radius 1 is 1.37 bits per heavy atom. The van der Waals surface area contributed by atoms with Crippen molar-refractivity contribution in [1.82, 2.24) is 15.4 Å². The Morgan fingerprint density at radius 3 is 2.58 bits per heavy atom. The Labute approximate surface area is 116 Å². The van der Waals surface area contributed by atoms with E-state index in [2.05, 4.69) is 20.3 Å². The highest BCUT2D eigenvalue weighted by Crippen LogP contribution is 1.85. The molecule has 0 aromatic carbocycles. The van der Waals surface area contributed by atoms with Crippen molar-refractivity contribution in [2.45, 2.75) is 26.8 Å². The van der Waals surface area contributed by atoms with Crippen LogP contribution < -0.4 is 15.4 Å². The van der Waals surface area contributed by atoms with E-state index in [1.54, 1.807) is 14.0 Å². The van der Waals surface area contributed by atoms with Crippen LogP contribution in [0, 0.1) is 0 Å². The summed E-state index contributed by atoms with van der Waals surface area (Å²) in [5, 5.41) is 6.26. The quantitative estimate of drug-likeness (QED) is 0.303. The van der Waals surface area contributed by atoms with Crippen LogP contribution in [0.5, 0.6) is 0 Å². The molecule has 0 aliphatic carbocycles. The Kier molecular flexibility index (Phi) is 9.54. The summed E-state index contributed by atoms with van der Waals surface area (Å²) in [5.41, 5.74) is 0. The van der Waals surface area contributed by atoms with Crippen molar-refractivity contribution < 1.29 is 13.2 Å². The average Bonchev–Trinajstić information content (AvgIpc) is 2.35. The fourth-order valence-corrected chi connectivity index (χ4v) is 1.92. The van der Waals surface area contributed by atoms with Gasteiger partial charge in [-0.15, -0.1) is 0 Å².